The van der Waals surface area contributed by atoms with Crippen molar-refractivity contribution in [2.75, 3.05) is 5.32 Å². The highest BCUT2D eigenvalue weighted by Gasteiger charge is 2.45. The molecule has 2 saturated carbocycles. The summed E-state index contributed by atoms with van der Waals surface area (Å²) in [5.74, 6) is 1.13. The standard InChI is InChI=1S/C10H13N3OS/c14-13-9-7-2-1-6(5-7)8(9)12-10-11-3-4-15-10/h3-4,6-8,14H,1-2,5H2,(H,11,12)/b13-9-. The Labute approximate surface area is 92.0 Å². The molecule has 2 fully saturated rings. The number of aromatic nitrogens is 1. The molecule has 2 aliphatic rings. The van der Waals surface area contributed by atoms with Crippen molar-refractivity contribution in [3.8, 4) is 0 Å². The molecule has 0 radical (unpaired) electrons. The van der Waals surface area contributed by atoms with Crippen molar-refractivity contribution in [1.82, 2.24) is 4.98 Å². The van der Waals surface area contributed by atoms with Gasteiger partial charge in [-0.1, -0.05) is 5.16 Å². The zero-order chi connectivity index (χ0) is 10.3. The number of thiazole rings is 1. The third-order valence-corrected chi connectivity index (χ3v) is 4.21. The highest BCUT2D eigenvalue weighted by atomic mass is 32.1. The fourth-order valence-electron chi connectivity index (χ4n) is 2.85. The predicted molar refractivity (Wildman–Crippen MR) is 59.6 cm³/mol. The molecule has 0 aromatic carbocycles. The van der Waals surface area contributed by atoms with E-state index in [1.807, 2.05) is 5.38 Å². The number of hydrogen-bond acceptors (Lipinski definition) is 5. The minimum atomic E-state index is 0.208. The van der Waals surface area contributed by atoms with Crippen LogP contribution in [0.2, 0.25) is 0 Å². The van der Waals surface area contributed by atoms with Crippen molar-refractivity contribution < 1.29 is 5.21 Å². The molecule has 3 unspecified atom stereocenters. The van der Waals surface area contributed by atoms with Gasteiger partial charge in [0.1, 0.15) is 0 Å². The maximum absolute atomic E-state index is 9.02. The Balaban J connectivity index is 1.81. The van der Waals surface area contributed by atoms with Gasteiger partial charge in [-0.15, -0.1) is 11.3 Å². The fraction of sp³-hybridized carbons (Fsp3) is 0.600. The van der Waals surface area contributed by atoms with Gasteiger partial charge in [0.25, 0.3) is 0 Å². The summed E-state index contributed by atoms with van der Waals surface area (Å²) in [6, 6.07) is 0.208. The second kappa shape index (κ2) is 3.48. The van der Waals surface area contributed by atoms with Gasteiger partial charge in [-0.05, 0) is 25.2 Å². The third-order valence-electron chi connectivity index (χ3n) is 3.51. The predicted octanol–water partition coefficient (Wildman–Crippen LogP) is 2.18. The van der Waals surface area contributed by atoms with Gasteiger partial charge in [0.2, 0.25) is 0 Å². The number of anilines is 1. The second-order valence-corrected chi connectivity index (χ2v) is 5.15. The zero-order valence-electron chi connectivity index (χ0n) is 8.26. The molecule has 1 aromatic heterocycles. The van der Waals surface area contributed by atoms with Crippen LogP contribution in [-0.4, -0.2) is 21.9 Å². The second-order valence-electron chi connectivity index (χ2n) is 4.25. The minimum Gasteiger partial charge on any atom is -0.411 e. The topological polar surface area (TPSA) is 57.5 Å². The summed E-state index contributed by atoms with van der Waals surface area (Å²) < 4.78 is 0. The summed E-state index contributed by atoms with van der Waals surface area (Å²) in [6.45, 7) is 0. The number of nitrogens with zero attached hydrogens (tertiary/aromatic N) is 2. The van der Waals surface area contributed by atoms with Crippen LogP contribution < -0.4 is 5.32 Å². The highest BCUT2D eigenvalue weighted by Crippen LogP contribution is 2.44. The molecule has 0 saturated heterocycles. The Morgan fingerprint density at radius 1 is 1.53 bits per heavy atom. The van der Waals surface area contributed by atoms with E-state index in [4.69, 9.17) is 5.21 Å². The van der Waals surface area contributed by atoms with Crippen molar-refractivity contribution in [3.63, 3.8) is 0 Å². The summed E-state index contributed by atoms with van der Waals surface area (Å²) >= 11 is 1.59. The third kappa shape index (κ3) is 1.42. The van der Waals surface area contributed by atoms with Crippen LogP contribution in [0.3, 0.4) is 0 Å². The van der Waals surface area contributed by atoms with Crippen LogP contribution in [-0.2, 0) is 0 Å². The van der Waals surface area contributed by atoms with Gasteiger partial charge >= 0.3 is 0 Å². The van der Waals surface area contributed by atoms with Crippen molar-refractivity contribution >= 4 is 22.2 Å². The van der Waals surface area contributed by atoms with Gasteiger partial charge in [0.15, 0.2) is 5.13 Å². The molecule has 1 aromatic rings. The summed E-state index contributed by atoms with van der Waals surface area (Å²) in [5, 5.41) is 18.7. The van der Waals surface area contributed by atoms with E-state index in [0.29, 0.717) is 11.8 Å². The zero-order valence-corrected chi connectivity index (χ0v) is 9.07. The maximum Gasteiger partial charge on any atom is 0.183 e. The van der Waals surface area contributed by atoms with Crippen LogP contribution >= 0.6 is 11.3 Å². The average molecular weight is 223 g/mol. The smallest absolute Gasteiger partial charge is 0.183 e. The number of nitrogens with one attached hydrogen (secondary N) is 1. The molecule has 15 heavy (non-hydrogen) atoms. The molecule has 3 atom stereocenters. The largest absolute Gasteiger partial charge is 0.411 e. The van der Waals surface area contributed by atoms with Gasteiger partial charge in [0.05, 0.1) is 11.8 Å². The van der Waals surface area contributed by atoms with Gasteiger partial charge < -0.3 is 10.5 Å². The lowest BCUT2D eigenvalue weighted by Crippen LogP contribution is -2.35. The Morgan fingerprint density at radius 3 is 3.20 bits per heavy atom. The average Bonchev–Trinajstić information content (AvgIpc) is 2.91. The van der Waals surface area contributed by atoms with Gasteiger partial charge in [-0.25, -0.2) is 4.98 Å². The first-order valence-electron chi connectivity index (χ1n) is 5.26. The lowest BCUT2D eigenvalue weighted by Gasteiger charge is -2.23. The van der Waals surface area contributed by atoms with Crippen molar-refractivity contribution in [3.05, 3.63) is 11.6 Å². The van der Waals surface area contributed by atoms with E-state index in [1.165, 1.54) is 19.3 Å². The van der Waals surface area contributed by atoms with Crippen molar-refractivity contribution in [2.24, 2.45) is 17.0 Å². The number of oxime groups is 1. The molecule has 2 aliphatic carbocycles. The van der Waals surface area contributed by atoms with Crippen LogP contribution in [0.5, 0.6) is 0 Å². The van der Waals surface area contributed by atoms with E-state index < -0.39 is 0 Å². The first kappa shape index (κ1) is 9.15. The Morgan fingerprint density at radius 2 is 2.47 bits per heavy atom. The maximum atomic E-state index is 9.02. The lowest BCUT2D eigenvalue weighted by atomic mass is 9.93. The summed E-state index contributed by atoms with van der Waals surface area (Å²) in [4.78, 5) is 4.20. The molecule has 4 nitrogen and oxygen atoms in total. The summed E-state index contributed by atoms with van der Waals surface area (Å²) in [6.07, 6.45) is 5.38. The molecule has 5 heteroatoms. The van der Waals surface area contributed by atoms with Crippen LogP contribution in [0.1, 0.15) is 19.3 Å². The molecule has 1 heterocycles. The first-order valence-corrected chi connectivity index (χ1v) is 6.14. The molecule has 3 rings (SSSR count). The van der Waals surface area contributed by atoms with Crippen LogP contribution in [0.4, 0.5) is 5.13 Å². The number of rotatable bonds is 2. The fourth-order valence-corrected chi connectivity index (χ4v) is 3.41. The molecule has 2 bridgehead atoms. The molecule has 80 valence electrons. The minimum absolute atomic E-state index is 0.208. The van der Waals surface area contributed by atoms with Crippen molar-refractivity contribution in [1.29, 1.82) is 0 Å². The molecular weight excluding hydrogens is 210 g/mol. The lowest BCUT2D eigenvalue weighted by molar-refractivity contribution is 0.312. The quantitative estimate of drug-likeness (QED) is 0.597. The Kier molecular flexibility index (Phi) is 2.12. The highest BCUT2D eigenvalue weighted by molar-refractivity contribution is 7.13. The molecule has 0 amide bonds. The Bertz CT molecular complexity index is 376. The normalized spacial score (nSPS) is 36.3. The van der Waals surface area contributed by atoms with Gasteiger partial charge in [-0.3, -0.25) is 0 Å². The van der Waals surface area contributed by atoms with E-state index in [0.717, 1.165) is 10.8 Å². The monoisotopic (exact) mass is 223 g/mol. The summed E-state index contributed by atoms with van der Waals surface area (Å²) in [7, 11) is 0. The van der Waals surface area contributed by atoms with E-state index in [9.17, 15) is 0 Å². The molecule has 0 spiro atoms. The summed E-state index contributed by atoms with van der Waals surface area (Å²) in [5.41, 5.74) is 0.932. The first-order chi connectivity index (χ1) is 7.38. The van der Waals surface area contributed by atoms with Crippen molar-refractivity contribution in [2.45, 2.75) is 25.3 Å². The molecule has 2 N–H and O–H groups in total. The van der Waals surface area contributed by atoms with Crippen LogP contribution in [0.15, 0.2) is 16.7 Å². The van der Waals surface area contributed by atoms with E-state index in [-0.39, 0.29) is 6.04 Å². The van der Waals surface area contributed by atoms with Crippen LogP contribution in [0, 0.1) is 11.8 Å². The van der Waals surface area contributed by atoms with Gasteiger partial charge in [0, 0.05) is 17.5 Å². The number of hydrogen-bond donors (Lipinski definition) is 2. The SMILES string of the molecule is O/N=C1/C2CCC(C2)C1Nc1nccs1. The van der Waals surface area contributed by atoms with E-state index in [1.54, 1.807) is 17.5 Å². The Hall–Kier alpha value is -1.10. The van der Waals surface area contributed by atoms with E-state index in [2.05, 4.69) is 15.5 Å². The van der Waals surface area contributed by atoms with E-state index >= 15 is 0 Å². The van der Waals surface area contributed by atoms with Gasteiger partial charge in [-0.2, -0.15) is 0 Å². The van der Waals surface area contributed by atoms with Crippen LogP contribution in [0.25, 0.3) is 0 Å². The number of fused-ring (bicyclic) bond motifs is 2. The molecular formula is C10H13N3OS. The molecule has 0 aliphatic heterocycles.